The molecule has 0 aromatic carbocycles. The molecule has 0 radical (unpaired) electrons. The van der Waals surface area contributed by atoms with Crippen LogP contribution >= 0.6 is 28.1 Å². The van der Waals surface area contributed by atoms with Gasteiger partial charge in [-0.25, -0.2) is 8.42 Å². The van der Waals surface area contributed by atoms with E-state index in [1.165, 1.54) is 30.7 Å². The van der Waals surface area contributed by atoms with Gasteiger partial charge in [-0.15, -0.1) is 0 Å². The molecule has 2 rings (SSSR count). The average molecular weight is 373 g/mol. The molecule has 0 fully saturated rings. The molecule has 2 heterocycles. The zero-order valence-corrected chi connectivity index (χ0v) is 13.2. The summed E-state index contributed by atoms with van der Waals surface area (Å²) in [6, 6.07) is 4.38. The molecule has 0 aliphatic carbocycles. The van der Waals surface area contributed by atoms with Crippen LogP contribution < -0.4 is 10.5 Å². The van der Waals surface area contributed by atoms with Crippen molar-refractivity contribution in [1.29, 1.82) is 0 Å². The zero-order valence-electron chi connectivity index (χ0n) is 9.95. The first kappa shape index (κ1) is 14.8. The molecule has 0 saturated carbocycles. The summed E-state index contributed by atoms with van der Waals surface area (Å²) in [7, 11) is -3.73. The second kappa shape index (κ2) is 5.81. The van der Waals surface area contributed by atoms with E-state index in [2.05, 4.69) is 30.6 Å². The van der Waals surface area contributed by atoms with Crippen molar-refractivity contribution in [2.24, 2.45) is 5.73 Å². The van der Waals surface area contributed by atoms with E-state index in [0.717, 1.165) is 0 Å². The van der Waals surface area contributed by atoms with E-state index in [4.69, 9.17) is 18.0 Å². The molecule has 0 atom stereocenters. The van der Waals surface area contributed by atoms with Crippen LogP contribution in [0.2, 0.25) is 0 Å². The van der Waals surface area contributed by atoms with Gasteiger partial charge in [-0.2, -0.15) is 0 Å². The molecule has 3 N–H and O–H groups in total. The Bertz CT molecular complexity index is 747. The molecule has 104 valence electrons. The number of sulfonamides is 1. The summed E-state index contributed by atoms with van der Waals surface area (Å²) < 4.78 is 27.3. The van der Waals surface area contributed by atoms with Gasteiger partial charge in [-0.05, 0) is 34.1 Å². The quantitative estimate of drug-likeness (QED) is 0.792. The Kier molecular flexibility index (Phi) is 4.31. The Hall–Kier alpha value is -1.58. The Morgan fingerprint density at radius 3 is 2.60 bits per heavy atom. The number of rotatable bonds is 4. The van der Waals surface area contributed by atoms with Crippen molar-refractivity contribution >= 4 is 48.8 Å². The van der Waals surface area contributed by atoms with Crippen LogP contribution in [0, 0.1) is 0 Å². The molecule has 20 heavy (non-hydrogen) atoms. The summed E-state index contributed by atoms with van der Waals surface area (Å²) in [4.78, 5) is 7.88. The van der Waals surface area contributed by atoms with Crippen LogP contribution in [0.1, 0.15) is 5.69 Å². The fourth-order valence-corrected chi connectivity index (χ4v) is 2.97. The molecule has 2 aromatic heterocycles. The molecule has 0 spiro atoms. The number of hydrogen-bond donors (Lipinski definition) is 2. The lowest BCUT2D eigenvalue weighted by Crippen LogP contribution is -2.15. The summed E-state index contributed by atoms with van der Waals surface area (Å²) in [5.74, 6) is 0. The molecule has 0 bridgehead atoms. The molecule has 0 amide bonds. The van der Waals surface area contributed by atoms with E-state index in [9.17, 15) is 8.42 Å². The van der Waals surface area contributed by atoms with Gasteiger partial charge in [0.1, 0.15) is 9.88 Å². The van der Waals surface area contributed by atoms with Crippen LogP contribution in [0.5, 0.6) is 0 Å². The third-order valence-electron chi connectivity index (χ3n) is 2.32. The van der Waals surface area contributed by atoms with Gasteiger partial charge in [-0.3, -0.25) is 14.7 Å². The van der Waals surface area contributed by atoms with Gasteiger partial charge in [0.15, 0.2) is 0 Å². The smallest absolute Gasteiger partial charge is 0.263 e. The van der Waals surface area contributed by atoms with E-state index >= 15 is 0 Å². The lowest BCUT2D eigenvalue weighted by molar-refractivity contribution is 0.601. The third kappa shape index (κ3) is 3.30. The molecule has 9 heteroatoms. The molecule has 6 nitrogen and oxygen atoms in total. The van der Waals surface area contributed by atoms with Crippen LogP contribution in [0.3, 0.4) is 0 Å². The van der Waals surface area contributed by atoms with Crippen LogP contribution in [0.15, 0.2) is 46.2 Å². The van der Waals surface area contributed by atoms with Gasteiger partial charge >= 0.3 is 0 Å². The van der Waals surface area contributed by atoms with Crippen LogP contribution in [0.25, 0.3) is 0 Å². The maximum absolute atomic E-state index is 12.2. The molecule has 0 saturated heterocycles. The Labute approximate surface area is 129 Å². The lowest BCUT2D eigenvalue weighted by atomic mass is 10.3. The second-order valence-electron chi connectivity index (χ2n) is 3.70. The van der Waals surface area contributed by atoms with E-state index < -0.39 is 10.0 Å². The number of nitrogens with zero attached hydrogens (tertiary/aromatic N) is 2. The predicted octanol–water partition coefficient (Wildman–Crippen LogP) is 1.67. The van der Waals surface area contributed by atoms with E-state index in [0.29, 0.717) is 15.9 Å². The number of anilines is 1. The number of aromatic nitrogens is 2. The van der Waals surface area contributed by atoms with Gasteiger partial charge in [0.05, 0.1) is 15.9 Å². The largest absolute Gasteiger partial charge is 0.388 e. The average Bonchev–Trinajstić information content (AvgIpc) is 2.41. The van der Waals surface area contributed by atoms with Crippen LogP contribution in [-0.2, 0) is 10.0 Å². The number of nitrogens with two attached hydrogens (primary N) is 1. The summed E-state index contributed by atoms with van der Waals surface area (Å²) in [6.45, 7) is 0. The third-order valence-corrected chi connectivity index (χ3v) is 4.51. The maximum atomic E-state index is 12.2. The van der Waals surface area contributed by atoms with Crippen molar-refractivity contribution in [2.45, 2.75) is 4.90 Å². The second-order valence-corrected chi connectivity index (χ2v) is 6.68. The Morgan fingerprint density at radius 1 is 1.30 bits per heavy atom. The Balaban J connectivity index is 2.31. The molecule has 0 aliphatic heterocycles. The van der Waals surface area contributed by atoms with Crippen LogP contribution in [0.4, 0.5) is 5.69 Å². The van der Waals surface area contributed by atoms with Gasteiger partial charge < -0.3 is 5.73 Å². The first-order chi connectivity index (χ1) is 9.40. The highest BCUT2D eigenvalue weighted by molar-refractivity contribution is 9.10. The summed E-state index contributed by atoms with van der Waals surface area (Å²) in [5.41, 5.74) is 6.16. The van der Waals surface area contributed by atoms with E-state index in [-0.39, 0.29) is 9.88 Å². The van der Waals surface area contributed by atoms with Crippen LogP contribution in [-0.4, -0.2) is 23.4 Å². The molecular weight excluding hydrogens is 364 g/mol. The fourth-order valence-electron chi connectivity index (χ4n) is 1.35. The molecule has 2 aromatic rings. The minimum absolute atomic E-state index is 0.0150. The summed E-state index contributed by atoms with van der Waals surface area (Å²) in [5, 5.41) is 0. The number of pyridine rings is 2. The van der Waals surface area contributed by atoms with Crippen molar-refractivity contribution in [3.8, 4) is 0 Å². The minimum atomic E-state index is -3.73. The molecule has 0 unspecified atom stereocenters. The Morgan fingerprint density at radius 2 is 2.05 bits per heavy atom. The van der Waals surface area contributed by atoms with Crippen molar-refractivity contribution in [3.63, 3.8) is 0 Å². The van der Waals surface area contributed by atoms with Gasteiger partial charge in [0, 0.05) is 18.6 Å². The normalized spacial score (nSPS) is 11.1. The highest BCUT2D eigenvalue weighted by atomic mass is 79.9. The minimum Gasteiger partial charge on any atom is -0.388 e. The zero-order chi connectivity index (χ0) is 14.8. The predicted molar refractivity (Wildman–Crippen MR) is 82.9 cm³/mol. The number of thiocarbonyl (C=S) groups is 1. The van der Waals surface area contributed by atoms with E-state index in [1.54, 1.807) is 6.07 Å². The summed E-state index contributed by atoms with van der Waals surface area (Å²) in [6.07, 6.45) is 4.18. The maximum Gasteiger partial charge on any atom is 0.263 e. The topological polar surface area (TPSA) is 98.0 Å². The van der Waals surface area contributed by atoms with Gasteiger partial charge in [0.25, 0.3) is 10.0 Å². The van der Waals surface area contributed by atoms with Crippen molar-refractivity contribution in [1.82, 2.24) is 9.97 Å². The number of nitrogens with one attached hydrogen (secondary N) is 1. The highest BCUT2D eigenvalue weighted by Crippen LogP contribution is 2.23. The van der Waals surface area contributed by atoms with Gasteiger partial charge in [0.2, 0.25) is 0 Å². The summed E-state index contributed by atoms with van der Waals surface area (Å²) >= 11 is 7.97. The number of hydrogen-bond acceptors (Lipinski definition) is 5. The van der Waals surface area contributed by atoms with Crippen molar-refractivity contribution in [2.75, 3.05) is 4.72 Å². The van der Waals surface area contributed by atoms with Crippen molar-refractivity contribution in [3.05, 3.63) is 47.0 Å². The van der Waals surface area contributed by atoms with E-state index in [1.807, 2.05) is 0 Å². The SMILES string of the molecule is NC(=S)c1ccc(S(=O)(=O)Nc2ccncc2Br)cn1. The monoisotopic (exact) mass is 372 g/mol. The van der Waals surface area contributed by atoms with Gasteiger partial charge in [-0.1, -0.05) is 12.2 Å². The lowest BCUT2D eigenvalue weighted by Gasteiger charge is -2.09. The standard InChI is InChI=1S/C11H9BrN4O2S2/c12-8-6-14-4-3-9(8)16-20(17,18)7-1-2-10(11(13)19)15-5-7/h1-6H,(H2,13,19)(H,14,16). The first-order valence-corrected chi connectivity index (χ1v) is 7.97. The first-order valence-electron chi connectivity index (χ1n) is 5.28. The fraction of sp³-hybridized carbons (Fsp3) is 0. The molecule has 0 aliphatic rings. The molecular formula is C11H9BrN4O2S2. The number of halogens is 1. The van der Waals surface area contributed by atoms with Crippen molar-refractivity contribution < 1.29 is 8.42 Å². The highest BCUT2D eigenvalue weighted by Gasteiger charge is 2.16.